The van der Waals surface area contributed by atoms with Gasteiger partial charge in [0.25, 0.3) is 0 Å². The highest BCUT2D eigenvalue weighted by Crippen LogP contribution is 2.23. The van der Waals surface area contributed by atoms with Crippen LogP contribution in [0.25, 0.3) is 0 Å². The lowest BCUT2D eigenvalue weighted by molar-refractivity contribution is -0.159. The lowest BCUT2D eigenvalue weighted by Gasteiger charge is -2.14. The van der Waals surface area contributed by atoms with Crippen molar-refractivity contribution in [2.45, 2.75) is 50.7 Å². The fourth-order valence-corrected chi connectivity index (χ4v) is 3.37. The zero-order valence-electron chi connectivity index (χ0n) is 19.3. The van der Waals surface area contributed by atoms with Gasteiger partial charge in [0.15, 0.2) is 0 Å². The van der Waals surface area contributed by atoms with Crippen molar-refractivity contribution in [2.24, 2.45) is 0 Å². The van der Waals surface area contributed by atoms with Gasteiger partial charge in [-0.1, -0.05) is 55.7 Å². The summed E-state index contributed by atoms with van der Waals surface area (Å²) in [5.74, 6) is -4.84. The van der Waals surface area contributed by atoms with Crippen LogP contribution in [0.15, 0.2) is 48.5 Å². The molecule has 2 aromatic carbocycles. The third-order valence-electron chi connectivity index (χ3n) is 5.28. The van der Waals surface area contributed by atoms with E-state index in [-0.39, 0.29) is 12.4 Å². The van der Waals surface area contributed by atoms with Crippen molar-refractivity contribution in [3.05, 3.63) is 65.2 Å². The van der Waals surface area contributed by atoms with E-state index >= 15 is 0 Å². The van der Waals surface area contributed by atoms with Crippen molar-refractivity contribution in [1.82, 2.24) is 5.32 Å². The van der Waals surface area contributed by atoms with Gasteiger partial charge in [0.05, 0.1) is 18.6 Å². The van der Waals surface area contributed by atoms with Gasteiger partial charge in [-0.25, -0.2) is 9.59 Å². The van der Waals surface area contributed by atoms with Gasteiger partial charge in [-0.3, -0.25) is 4.79 Å². The number of carboxylic acid groups (broad SMARTS) is 3. The molecule has 2 unspecified atom stereocenters. The predicted octanol–water partition coefficient (Wildman–Crippen LogP) is 2.48. The van der Waals surface area contributed by atoms with Crippen LogP contribution < -0.4 is 5.32 Å². The summed E-state index contributed by atoms with van der Waals surface area (Å²) in [5.41, 5.74) is 1.91. The number of hydrogen-bond acceptors (Lipinski definition) is 7. The van der Waals surface area contributed by atoms with Crippen LogP contribution in [0.2, 0.25) is 0 Å². The minimum Gasteiger partial charge on any atom is -0.508 e. The van der Waals surface area contributed by atoms with Crippen molar-refractivity contribution < 1.29 is 45.0 Å². The Balaban J connectivity index is 0.000000905. The Morgan fingerprint density at radius 1 is 0.829 bits per heavy atom. The zero-order chi connectivity index (χ0) is 26.2. The van der Waals surface area contributed by atoms with Crippen LogP contribution >= 0.6 is 0 Å². The first kappa shape index (κ1) is 29.6. The summed E-state index contributed by atoms with van der Waals surface area (Å²) < 4.78 is 0. The average Bonchev–Trinajstić information content (AvgIpc) is 2.83. The van der Waals surface area contributed by atoms with Gasteiger partial charge in [0.2, 0.25) is 0 Å². The van der Waals surface area contributed by atoms with Gasteiger partial charge >= 0.3 is 17.9 Å². The number of benzene rings is 2. The maximum atomic E-state index is 11.5. The van der Waals surface area contributed by atoms with E-state index in [0.717, 1.165) is 37.8 Å². The Morgan fingerprint density at radius 2 is 1.46 bits per heavy atom. The third kappa shape index (κ3) is 11.5. The molecule has 0 aliphatic rings. The topological polar surface area (TPSA) is 185 Å². The number of rotatable bonds is 13. The van der Waals surface area contributed by atoms with Crippen molar-refractivity contribution >= 4 is 17.9 Å². The van der Waals surface area contributed by atoms with Crippen LogP contribution in [0.4, 0.5) is 0 Å². The summed E-state index contributed by atoms with van der Waals surface area (Å²) in [6.45, 7) is 0.889. The summed E-state index contributed by atoms with van der Waals surface area (Å²) in [5, 5.41) is 56.4. The molecule has 10 nitrogen and oxygen atoms in total. The number of carbonyl (C=O) groups is 3. The van der Waals surface area contributed by atoms with E-state index < -0.39 is 29.9 Å². The second-order valence-corrected chi connectivity index (χ2v) is 7.88. The number of hydrogen-bond donors (Lipinski definition) is 7. The molecule has 0 aromatic heterocycles. The Hall–Kier alpha value is -3.47. The van der Waals surface area contributed by atoms with Gasteiger partial charge in [-0.05, 0) is 42.6 Å². The first-order chi connectivity index (χ1) is 16.7. The highest BCUT2D eigenvalue weighted by Gasteiger charge is 2.18. The van der Waals surface area contributed by atoms with E-state index in [0.29, 0.717) is 24.1 Å². The lowest BCUT2D eigenvalue weighted by atomic mass is 9.93. The summed E-state index contributed by atoms with van der Waals surface area (Å²) >= 11 is 0. The lowest BCUT2D eigenvalue weighted by Crippen LogP contribution is -2.22. The molecule has 0 spiro atoms. The molecule has 0 radical (unpaired) electrons. The molecule has 2 atom stereocenters. The van der Waals surface area contributed by atoms with Crippen LogP contribution in [-0.4, -0.2) is 61.6 Å². The standard InChI is InChI=1S/C23H31NO5.C2H2O4/c25-16-19-14-18(11-12-21(19)26)22(27)15-24-13-7-2-1-6-10-20(23(28)29)17-8-4-3-5-9-17;3-1(4)2(5)6/h3-5,8-9,11-12,14,20,22,24-27H,1-2,6-7,10,13,15-16H2,(H,28,29);(H,3,4)(H,5,6). The highest BCUT2D eigenvalue weighted by atomic mass is 16.4. The first-order valence-corrected chi connectivity index (χ1v) is 11.2. The fourth-order valence-electron chi connectivity index (χ4n) is 3.37. The molecule has 0 aliphatic carbocycles. The maximum absolute atomic E-state index is 11.5. The molecule has 10 heteroatoms. The summed E-state index contributed by atoms with van der Waals surface area (Å²) in [6.07, 6.45) is 3.72. The summed E-state index contributed by atoms with van der Waals surface area (Å²) in [4.78, 5) is 29.7. The summed E-state index contributed by atoms with van der Waals surface area (Å²) in [6, 6.07) is 14.1. The number of phenols is 1. The molecule has 0 saturated heterocycles. The maximum Gasteiger partial charge on any atom is 0.414 e. The van der Waals surface area contributed by atoms with Crippen LogP contribution in [0.3, 0.4) is 0 Å². The van der Waals surface area contributed by atoms with Crippen molar-refractivity contribution in [1.29, 1.82) is 0 Å². The van der Waals surface area contributed by atoms with E-state index in [2.05, 4.69) is 5.32 Å². The Morgan fingerprint density at radius 3 is 2.03 bits per heavy atom. The highest BCUT2D eigenvalue weighted by molar-refractivity contribution is 6.27. The zero-order valence-corrected chi connectivity index (χ0v) is 19.3. The molecule has 2 aromatic rings. The molecular formula is C25H33NO9. The molecule has 35 heavy (non-hydrogen) atoms. The molecule has 0 amide bonds. The van der Waals surface area contributed by atoms with E-state index in [1.807, 2.05) is 30.3 Å². The molecule has 0 saturated carbocycles. The van der Waals surface area contributed by atoms with Gasteiger partial charge in [0.1, 0.15) is 5.75 Å². The van der Waals surface area contributed by atoms with Crippen molar-refractivity contribution in [3.8, 4) is 5.75 Å². The van der Waals surface area contributed by atoms with Gasteiger partial charge in [0, 0.05) is 12.1 Å². The smallest absolute Gasteiger partial charge is 0.414 e. The number of aliphatic hydroxyl groups excluding tert-OH is 2. The summed E-state index contributed by atoms with van der Waals surface area (Å²) in [7, 11) is 0. The normalized spacial score (nSPS) is 12.2. The van der Waals surface area contributed by atoms with Crippen LogP contribution in [0.1, 0.15) is 60.8 Å². The second kappa shape index (κ2) is 16.2. The number of nitrogens with one attached hydrogen (secondary N) is 1. The van der Waals surface area contributed by atoms with Gasteiger partial charge < -0.3 is 36.0 Å². The molecular weight excluding hydrogens is 458 g/mol. The Bertz CT molecular complexity index is 922. The number of unbranched alkanes of at least 4 members (excludes halogenated alkanes) is 3. The number of aromatic hydroxyl groups is 1. The van der Waals surface area contributed by atoms with E-state index in [1.165, 1.54) is 6.07 Å². The largest absolute Gasteiger partial charge is 0.508 e. The minimum atomic E-state index is -1.82. The third-order valence-corrected chi connectivity index (χ3v) is 5.28. The SMILES string of the molecule is O=C(O)C(=O)O.O=C(O)C(CCCCCCNCC(O)c1ccc(O)c(CO)c1)c1ccccc1. The van der Waals surface area contributed by atoms with E-state index in [4.69, 9.17) is 19.8 Å². The monoisotopic (exact) mass is 491 g/mol. The van der Waals surface area contributed by atoms with Gasteiger partial charge in [-0.15, -0.1) is 0 Å². The first-order valence-electron chi connectivity index (χ1n) is 11.2. The molecule has 192 valence electrons. The van der Waals surface area contributed by atoms with E-state index in [9.17, 15) is 25.2 Å². The molecule has 7 N–H and O–H groups in total. The average molecular weight is 492 g/mol. The molecule has 2 rings (SSSR count). The van der Waals surface area contributed by atoms with Crippen molar-refractivity contribution in [3.63, 3.8) is 0 Å². The van der Waals surface area contributed by atoms with Crippen LogP contribution in [-0.2, 0) is 21.0 Å². The Kier molecular flexibility index (Phi) is 13.7. The van der Waals surface area contributed by atoms with Gasteiger partial charge in [-0.2, -0.15) is 0 Å². The van der Waals surface area contributed by atoms with Crippen molar-refractivity contribution in [2.75, 3.05) is 13.1 Å². The number of carboxylic acids is 3. The molecule has 0 fully saturated rings. The molecule has 0 heterocycles. The fraction of sp³-hybridized carbons (Fsp3) is 0.400. The second-order valence-electron chi connectivity index (χ2n) is 7.88. The molecule has 0 aliphatic heterocycles. The predicted molar refractivity (Wildman–Crippen MR) is 127 cm³/mol. The van der Waals surface area contributed by atoms with E-state index in [1.54, 1.807) is 12.1 Å². The molecule has 0 bridgehead atoms. The van der Waals surface area contributed by atoms with Crippen LogP contribution in [0, 0.1) is 0 Å². The number of aliphatic carboxylic acids is 3. The minimum absolute atomic E-state index is 0.0220. The Labute approximate surface area is 203 Å². The number of aliphatic hydroxyl groups is 2. The quantitative estimate of drug-likeness (QED) is 0.162. The van der Waals surface area contributed by atoms with Crippen LogP contribution in [0.5, 0.6) is 5.75 Å².